The van der Waals surface area contributed by atoms with Crippen molar-refractivity contribution in [3.05, 3.63) is 138 Å². The maximum absolute atomic E-state index is 5.48. The van der Waals surface area contributed by atoms with Gasteiger partial charge in [-0.3, -0.25) is 4.57 Å². The van der Waals surface area contributed by atoms with Gasteiger partial charge in [-0.2, -0.15) is 0 Å². The van der Waals surface area contributed by atoms with Gasteiger partial charge in [0, 0.05) is 47.7 Å². The summed E-state index contributed by atoms with van der Waals surface area (Å²) < 4.78 is 3.73. The number of benzene rings is 5. The van der Waals surface area contributed by atoms with Crippen LogP contribution < -0.4 is 0 Å². The van der Waals surface area contributed by atoms with E-state index in [1.54, 1.807) is 0 Å². The van der Waals surface area contributed by atoms with E-state index in [4.69, 9.17) is 9.97 Å². The van der Waals surface area contributed by atoms with Crippen LogP contribution in [0.5, 0.6) is 0 Å². The van der Waals surface area contributed by atoms with Gasteiger partial charge in [-0.15, -0.1) is 11.3 Å². The third-order valence-corrected chi connectivity index (χ3v) is 11.8. The Morgan fingerprint density at radius 1 is 0.587 bits per heavy atom. The standard InChI is InChI=1S/C42H31N3S/c1-41(2)29-19-11-8-16-25(29)38-34(41)28-22-23-32-33(35-39(46-32)26-17-9-12-20-30(26)42(35,3)4)37(28)45(38)40-43-31-21-13-10-18-27(31)36(44-40)24-14-6-5-7-15-24/h5-23H,1-4H3. The lowest BCUT2D eigenvalue weighted by molar-refractivity contribution is 0.666. The van der Waals surface area contributed by atoms with Gasteiger partial charge in [-0.25, -0.2) is 9.97 Å². The van der Waals surface area contributed by atoms with Crippen LogP contribution in [-0.2, 0) is 10.8 Å². The maximum atomic E-state index is 5.48. The average Bonchev–Trinajstić information content (AvgIpc) is 3.77. The summed E-state index contributed by atoms with van der Waals surface area (Å²) in [4.78, 5) is 12.2. The van der Waals surface area contributed by atoms with Gasteiger partial charge in [-0.1, -0.05) is 131 Å². The molecule has 0 fully saturated rings. The van der Waals surface area contributed by atoms with Crippen molar-refractivity contribution in [3.63, 3.8) is 0 Å². The van der Waals surface area contributed by atoms with Crippen LogP contribution in [0.25, 0.3) is 70.8 Å². The molecule has 3 heterocycles. The first kappa shape index (κ1) is 26.2. The largest absolute Gasteiger partial charge is 0.277 e. The number of nitrogens with zero attached hydrogens (tertiary/aromatic N) is 3. The third-order valence-electron chi connectivity index (χ3n) is 10.6. The van der Waals surface area contributed by atoms with Crippen molar-refractivity contribution in [2.75, 3.05) is 0 Å². The third kappa shape index (κ3) is 3.17. The van der Waals surface area contributed by atoms with E-state index in [0.717, 1.165) is 28.1 Å². The zero-order valence-corrected chi connectivity index (χ0v) is 27.0. The van der Waals surface area contributed by atoms with Gasteiger partial charge in [0.25, 0.3) is 0 Å². The van der Waals surface area contributed by atoms with Gasteiger partial charge in [0.2, 0.25) is 5.95 Å². The molecule has 0 amide bonds. The Bertz CT molecular complexity index is 2580. The van der Waals surface area contributed by atoms with Crippen LogP contribution in [0.4, 0.5) is 0 Å². The zero-order valence-electron chi connectivity index (χ0n) is 26.2. The summed E-state index contributed by atoms with van der Waals surface area (Å²) in [5.41, 5.74) is 13.3. The minimum atomic E-state index is -0.181. The van der Waals surface area contributed by atoms with Gasteiger partial charge in [0.15, 0.2) is 0 Å². The van der Waals surface area contributed by atoms with Crippen LogP contribution in [0, 0.1) is 0 Å². The van der Waals surface area contributed by atoms with Gasteiger partial charge in [-0.05, 0) is 39.9 Å². The molecule has 220 valence electrons. The predicted molar refractivity (Wildman–Crippen MR) is 192 cm³/mol. The molecule has 5 aromatic carbocycles. The molecule has 3 aromatic heterocycles. The van der Waals surface area contributed by atoms with Crippen molar-refractivity contribution in [1.82, 2.24) is 14.5 Å². The Morgan fingerprint density at radius 3 is 2.04 bits per heavy atom. The fourth-order valence-corrected chi connectivity index (χ4v) is 9.95. The first-order valence-corrected chi connectivity index (χ1v) is 16.8. The lowest BCUT2D eigenvalue weighted by Gasteiger charge is -2.23. The predicted octanol–water partition coefficient (Wildman–Crippen LogP) is 11.1. The van der Waals surface area contributed by atoms with Crippen molar-refractivity contribution in [1.29, 1.82) is 0 Å². The number of para-hydroxylation sites is 1. The monoisotopic (exact) mass is 609 g/mol. The average molecular weight is 610 g/mol. The second-order valence-electron chi connectivity index (χ2n) is 13.8. The van der Waals surface area contributed by atoms with E-state index < -0.39 is 0 Å². The molecule has 0 saturated heterocycles. The second kappa shape index (κ2) is 8.80. The highest BCUT2D eigenvalue weighted by Gasteiger charge is 2.44. The minimum Gasteiger partial charge on any atom is -0.277 e. The molecule has 0 bridgehead atoms. The minimum absolute atomic E-state index is 0.134. The van der Waals surface area contributed by atoms with Crippen LogP contribution in [-0.4, -0.2) is 14.5 Å². The lowest BCUT2D eigenvalue weighted by atomic mass is 9.80. The Labute approximate surface area is 271 Å². The summed E-state index contributed by atoms with van der Waals surface area (Å²) in [5, 5.41) is 3.68. The molecule has 0 atom stereocenters. The molecule has 2 aliphatic carbocycles. The number of fused-ring (bicyclic) bond motifs is 12. The van der Waals surface area contributed by atoms with Crippen molar-refractivity contribution in [3.8, 4) is 38.9 Å². The number of hydrogen-bond donors (Lipinski definition) is 0. The van der Waals surface area contributed by atoms with Crippen LogP contribution in [0.3, 0.4) is 0 Å². The highest BCUT2D eigenvalue weighted by molar-refractivity contribution is 7.22. The SMILES string of the molecule is CC1(C)c2ccccc2-c2c1c1ccc3sc4c(c3c1n2-c1nc(-c2ccccc2)c2ccccc2n1)C(C)(C)c1ccccc1-4. The summed E-state index contributed by atoms with van der Waals surface area (Å²) in [6.45, 7) is 9.53. The smallest absolute Gasteiger partial charge is 0.235 e. The molecule has 2 aliphatic rings. The van der Waals surface area contributed by atoms with Crippen LogP contribution in [0.1, 0.15) is 49.9 Å². The number of hydrogen-bond acceptors (Lipinski definition) is 3. The van der Waals surface area contributed by atoms with Gasteiger partial charge < -0.3 is 0 Å². The normalized spacial score (nSPS) is 15.3. The lowest BCUT2D eigenvalue weighted by Crippen LogP contribution is -2.15. The van der Waals surface area contributed by atoms with E-state index in [0.29, 0.717) is 0 Å². The van der Waals surface area contributed by atoms with E-state index in [9.17, 15) is 0 Å². The quantitative estimate of drug-likeness (QED) is 0.195. The van der Waals surface area contributed by atoms with Crippen molar-refractivity contribution in [2.45, 2.75) is 38.5 Å². The fourth-order valence-electron chi connectivity index (χ4n) is 8.54. The van der Waals surface area contributed by atoms with Crippen molar-refractivity contribution < 1.29 is 0 Å². The zero-order chi connectivity index (χ0) is 30.9. The summed E-state index contributed by atoms with van der Waals surface area (Å²) >= 11 is 1.92. The topological polar surface area (TPSA) is 30.7 Å². The molecule has 0 radical (unpaired) electrons. The molecule has 10 rings (SSSR count). The molecule has 3 nitrogen and oxygen atoms in total. The fraction of sp³-hybridized carbons (Fsp3) is 0.143. The summed E-state index contributed by atoms with van der Waals surface area (Å²) in [6.07, 6.45) is 0. The molecule has 46 heavy (non-hydrogen) atoms. The number of rotatable bonds is 2. The molecular formula is C42H31N3S. The Hall–Kier alpha value is -5.06. The second-order valence-corrected chi connectivity index (χ2v) is 14.8. The molecule has 0 unspecified atom stereocenters. The highest BCUT2D eigenvalue weighted by Crippen LogP contribution is 2.59. The number of aromatic nitrogens is 3. The van der Waals surface area contributed by atoms with E-state index in [1.165, 1.54) is 64.9 Å². The molecule has 4 heteroatoms. The molecular weight excluding hydrogens is 579 g/mol. The van der Waals surface area contributed by atoms with Crippen molar-refractivity contribution in [2.24, 2.45) is 0 Å². The van der Waals surface area contributed by atoms with E-state index in [1.807, 2.05) is 11.3 Å². The summed E-state index contributed by atoms with van der Waals surface area (Å²) in [7, 11) is 0. The highest BCUT2D eigenvalue weighted by atomic mass is 32.1. The van der Waals surface area contributed by atoms with Crippen LogP contribution >= 0.6 is 11.3 Å². The summed E-state index contributed by atoms with van der Waals surface area (Å²) in [6, 6.07) is 41.6. The van der Waals surface area contributed by atoms with E-state index in [2.05, 4.69) is 148 Å². The Kier molecular flexibility index (Phi) is 5.01. The number of thiophene rings is 1. The molecule has 0 spiro atoms. The van der Waals surface area contributed by atoms with Gasteiger partial charge in [0.05, 0.1) is 22.4 Å². The molecule has 0 aliphatic heterocycles. The molecule has 0 saturated carbocycles. The van der Waals surface area contributed by atoms with E-state index in [-0.39, 0.29) is 10.8 Å². The Morgan fingerprint density at radius 2 is 1.24 bits per heavy atom. The van der Waals surface area contributed by atoms with E-state index >= 15 is 0 Å². The van der Waals surface area contributed by atoms with Gasteiger partial charge >= 0.3 is 0 Å². The van der Waals surface area contributed by atoms with Crippen molar-refractivity contribution >= 4 is 43.2 Å². The summed E-state index contributed by atoms with van der Waals surface area (Å²) in [5.74, 6) is 0.720. The first-order valence-electron chi connectivity index (χ1n) is 16.0. The molecule has 0 N–H and O–H groups in total. The van der Waals surface area contributed by atoms with Crippen LogP contribution in [0.15, 0.2) is 115 Å². The van der Waals surface area contributed by atoms with Gasteiger partial charge in [0.1, 0.15) is 0 Å². The molecule has 8 aromatic rings. The maximum Gasteiger partial charge on any atom is 0.235 e. The Balaban J connectivity index is 1.42. The first-order chi connectivity index (χ1) is 22.4. The van der Waals surface area contributed by atoms with Crippen LogP contribution in [0.2, 0.25) is 0 Å².